The van der Waals surface area contributed by atoms with Crippen LogP contribution in [0.3, 0.4) is 0 Å². The van der Waals surface area contributed by atoms with Gasteiger partial charge in [0.15, 0.2) is 5.72 Å². The Hall–Kier alpha value is -3.36. The molecule has 170 valence electrons. The van der Waals surface area contributed by atoms with Gasteiger partial charge in [0.25, 0.3) is 0 Å². The fraction of sp³-hybridized carbons (Fsp3) is 0.478. The Kier molecular flexibility index (Phi) is 5.66. The summed E-state index contributed by atoms with van der Waals surface area (Å²) in [4.78, 5) is 39.6. The second-order valence-electron chi connectivity index (χ2n) is 8.90. The molecule has 2 aliphatic heterocycles. The lowest BCUT2D eigenvalue weighted by Gasteiger charge is -2.52. The Morgan fingerprint density at radius 3 is 2.78 bits per heavy atom. The molecule has 1 aromatic carbocycles. The summed E-state index contributed by atoms with van der Waals surface area (Å²) in [5.41, 5.74) is 5.59. The monoisotopic (exact) mass is 439 g/mol. The zero-order valence-corrected chi connectivity index (χ0v) is 18.6. The Morgan fingerprint density at radius 2 is 2.06 bits per heavy atom. The molecule has 1 fully saturated rings. The van der Waals surface area contributed by atoms with Crippen molar-refractivity contribution in [2.45, 2.75) is 57.7 Å². The van der Waals surface area contributed by atoms with E-state index in [0.717, 1.165) is 5.56 Å². The number of likely N-dealkylation sites (tertiary alicyclic amines) is 1. The molecule has 3 amide bonds. The molecule has 0 radical (unpaired) electrons. The number of hydrogen-bond donors (Lipinski definition) is 2. The maximum absolute atomic E-state index is 13.3. The molecule has 2 bridgehead atoms. The van der Waals surface area contributed by atoms with Crippen LogP contribution in [-0.2, 0) is 14.4 Å². The van der Waals surface area contributed by atoms with E-state index < -0.39 is 17.6 Å². The third kappa shape index (κ3) is 3.83. The van der Waals surface area contributed by atoms with Gasteiger partial charge in [0.05, 0.1) is 6.20 Å². The molecule has 32 heavy (non-hydrogen) atoms. The molecule has 0 saturated carbocycles. The Morgan fingerprint density at radius 1 is 1.31 bits per heavy atom. The molecule has 2 aromatic rings. The molecule has 3 unspecified atom stereocenters. The number of nitrogens with one attached hydrogen (secondary N) is 1. The van der Waals surface area contributed by atoms with Crippen molar-refractivity contribution in [2.75, 3.05) is 11.9 Å². The smallest absolute Gasteiger partial charge is 0.238 e. The average molecular weight is 440 g/mol. The van der Waals surface area contributed by atoms with Crippen LogP contribution in [0.1, 0.15) is 57.6 Å². The van der Waals surface area contributed by atoms with Crippen LogP contribution in [0.5, 0.6) is 5.75 Å². The maximum atomic E-state index is 13.3. The fourth-order valence-corrected chi connectivity index (χ4v) is 4.81. The molecule has 0 aliphatic carbocycles. The van der Waals surface area contributed by atoms with E-state index >= 15 is 0 Å². The number of piperidine rings is 1. The first kappa shape index (κ1) is 21.9. The van der Waals surface area contributed by atoms with Crippen molar-refractivity contribution in [1.29, 1.82) is 0 Å². The zero-order chi connectivity index (χ0) is 23.0. The topological polar surface area (TPSA) is 120 Å². The van der Waals surface area contributed by atoms with Gasteiger partial charge < -0.3 is 20.7 Å². The number of primary amides is 1. The minimum atomic E-state index is -0.942. The zero-order valence-electron chi connectivity index (χ0n) is 18.6. The molecule has 1 saturated heterocycles. The molecule has 4 rings (SSSR count). The molecular formula is C23H29N5O4. The van der Waals surface area contributed by atoms with Crippen LogP contribution in [-0.4, -0.2) is 44.7 Å². The molecule has 9 heteroatoms. The second-order valence-corrected chi connectivity index (χ2v) is 8.90. The minimum absolute atomic E-state index is 0.122. The number of nitrogens with two attached hydrogens (primary N) is 1. The highest BCUT2D eigenvalue weighted by Crippen LogP contribution is 2.50. The third-order valence-corrected chi connectivity index (χ3v) is 6.27. The van der Waals surface area contributed by atoms with E-state index in [1.807, 2.05) is 45.0 Å². The van der Waals surface area contributed by atoms with Crippen molar-refractivity contribution < 1.29 is 19.1 Å². The summed E-state index contributed by atoms with van der Waals surface area (Å²) in [6, 6.07) is 9.32. The molecule has 9 nitrogen and oxygen atoms in total. The van der Waals surface area contributed by atoms with E-state index in [1.165, 1.54) is 0 Å². The third-order valence-electron chi connectivity index (χ3n) is 6.27. The van der Waals surface area contributed by atoms with Crippen molar-refractivity contribution in [3.8, 4) is 5.75 Å². The lowest BCUT2D eigenvalue weighted by atomic mass is 9.73. The van der Waals surface area contributed by atoms with E-state index in [4.69, 9.17) is 10.5 Å². The largest absolute Gasteiger partial charge is 0.468 e. The maximum Gasteiger partial charge on any atom is 0.238 e. The van der Waals surface area contributed by atoms with E-state index in [2.05, 4.69) is 10.4 Å². The number of rotatable bonds is 7. The van der Waals surface area contributed by atoms with Crippen LogP contribution in [0.4, 0.5) is 5.82 Å². The van der Waals surface area contributed by atoms with Crippen LogP contribution >= 0.6 is 0 Å². The van der Waals surface area contributed by atoms with Gasteiger partial charge in [0.1, 0.15) is 17.5 Å². The highest BCUT2D eigenvalue weighted by Gasteiger charge is 2.55. The Balaban J connectivity index is 1.46. The summed E-state index contributed by atoms with van der Waals surface area (Å²) in [6.45, 7) is 6.10. The van der Waals surface area contributed by atoms with Gasteiger partial charge in [-0.15, -0.1) is 0 Å². The number of aromatic nitrogens is 2. The van der Waals surface area contributed by atoms with E-state index in [9.17, 15) is 14.4 Å². The number of para-hydroxylation sites is 1. The van der Waals surface area contributed by atoms with Crippen LogP contribution < -0.4 is 15.8 Å². The van der Waals surface area contributed by atoms with Crippen molar-refractivity contribution in [3.05, 3.63) is 42.1 Å². The van der Waals surface area contributed by atoms with Gasteiger partial charge in [-0.2, -0.15) is 5.10 Å². The summed E-state index contributed by atoms with van der Waals surface area (Å²) in [6.07, 6.45) is 2.75. The number of amides is 3. The summed E-state index contributed by atoms with van der Waals surface area (Å²) in [7, 11) is 0. The quantitative estimate of drug-likeness (QED) is 0.642. The van der Waals surface area contributed by atoms with Crippen molar-refractivity contribution in [2.24, 2.45) is 11.7 Å². The summed E-state index contributed by atoms with van der Waals surface area (Å²) >= 11 is 0. The van der Waals surface area contributed by atoms with Crippen molar-refractivity contribution >= 4 is 23.5 Å². The molecule has 2 aliphatic rings. The van der Waals surface area contributed by atoms with Crippen LogP contribution in [0.15, 0.2) is 36.5 Å². The number of hydrogen-bond acceptors (Lipinski definition) is 5. The van der Waals surface area contributed by atoms with E-state index in [-0.39, 0.29) is 36.7 Å². The first-order chi connectivity index (χ1) is 15.2. The Labute approximate surface area is 186 Å². The van der Waals surface area contributed by atoms with E-state index in [1.54, 1.807) is 21.8 Å². The van der Waals surface area contributed by atoms with Crippen LogP contribution in [0.25, 0.3) is 0 Å². The SMILES string of the molecule is CC(C)n1nccc1NC(=O)CCCN1C(=O)C(C(N)=O)C2CC1(C)Oc1ccccc12. The van der Waals surface area contributed by atoms with Gasteiger partial charge in [-0.3, -0.25) is 14.4 Å². The van der Waals surface area contributed by atoms with Gasteiger partial charge in [-0.25, -0.2) is 4.68 Å². The molecular weight excluding hydrogens is 410 g/mol. The number of fused-ring (bicyclic) bond motifs is 4. The number of carbonyl (C=O) groups excluding carboxylic acids is 3. The normalized spacial score (nSPS) is 24.1. The number of carbonyl (C=O) groups is 3. The first-order valence-electron chi connectivity index (χ1n) is 10.9. The van der Waals surface area contributed by atoms with Crippen LogP contribution in [0, 0.1) is 5.92 Å². The number of anilines is 1. The highest BCUT2D eigenvalue weighted by molar-refractivity contribution is 6.02. The summed E-state index contributed by atoms with van der Waals surface area (Å²) in [5.74, 6) is -1.11. The summed E-state index contributed by atoms with van der Waals surface area (Å²) in [5, 5.41) is 7.07. The number of benzene rings is 1. The number of nitrogens with zero attached hydrogens (tertiary/aromatic N) is 3. The molecule has 3 atom stereocenters. The summed E-state index contributed by atoms with van der Waals surface area (Å²) < 4.78 is 7.96. The standard InChI is InChI=1S/C23H29N5O4/c1-14(2)28-18(10-11-25-28)26-19(29)9-6-12-27-22(31)20(21(24)30)16-13-23(27,3)32-17-8-5-4-7-15(16)17/h4-5,7-8,10-11,14,16,20H,6,9,12-13H2,1-3H3,(H2,24,30)(H,26,29). The lowest BCUT2D eigenvalue weighted by Crippen LogP contribution is -2.64. The van der Waals surface area contributed by atoms with Gasteiger partial charge >= 0.3 is 0 Å². The minimum Gasteiger partial charge on any atom is -0.468 e. The predicted molar refractivity (Wildman–Crippen MR) is 118 cm³/mol. The first-order valence-corrected chi connectivity index (χ1v) is 10.9. The van der Waals surface area contributed by atoms with Crippen molar-refractivity contribution in [3.63, 3.8) is 0 Å². The number of ether oxygens (including phenoxy) is 1. The van der Waals surface area contributed by atoms with Gasteiger partial charge in [-0.1, -0.05) is 18.2 Å². The predicted octanol–water partition coefficient (Wildman–Crippen LogP) is 2.41. The van der Waals surface area contributed by atoms with Gasteiger partial charge in [0.2, 0.25) is 17.7 Å². The fourth-order valence-electron chi connectivity index (χ4n) is 4.81. The molecule has 3 heterocycles. The molecule has 0 spiro atoms. The van der Waals surface area contributed by atoms with E-state index in [0.29, 0.717) is 24.4 Å². The van der Waals surface area contributed by atoms with Gasteiger partial charge in [0, 0.05) is 37.4 Å². The van der Waals surface area contributed by atoms with Crippen LogP contribution in [0.2, 0.25) is 0 Å². The lowest BCUT2D eigenvalue weighted by molar-refractivity contribution is -0.175. The second kappa shape index (κ2) is 8.29. The highest BCUT2D eigenvalue weighted by atomic mass is 16.5. The van der Waals surface area contributed by atoms with Gasteiger partial charge in [-0.05, 0) is 38.8 Å². The average Bonchev–Trinajstić information content (AvgIpc) is 3.18. The Bertz CT molecular complexity index is 1050. The van der Waals surface area contributed by atoms with Crippen molar-refractivity contribution in [1.82, 2.24) is 14.7 Å². The molecule has 3 N–H and O–H groups in total. The molecule has 1 aromatic heterocycles.